The molecule has 150 valence electrons. The van der Waals surface area contributed by atoms with Gasteiger partial charge in [-0.2, -0.15) is 0 Å². The van der Waals surface area contributed by atoms with Gasteiger partial charge in [-0.25, -0.2) is 4.39 Å². The van der Waals surface area contributed by atoms with Gasteiger partial charge in [0.15, 0.2) is 0 Å². The molecule has 0 radical (unpaired) electrons. The zero-order chi connectivity index (χ0) is 19.9. The molecule has 0 spiro atoms. The summed E-state index contributed by atoms with van der Waals surface area (Å²) in [5.74, 6) is 0.486. The second-order valence-corrected chi connectivity index (χ2v) is 8.17. The second kappa shape index (κ2) is 9.78. The third kappa shape index (κ3) is 5.86. The Kier molecular flexibility index (Phi) is 7.15. The van der Waals surface area contributed by atoms with Crippen LogP contribution in [0.4, 0.5) is 4.39 Å². The van der Waals surface area contributed by atoms with Crippen LogP contribution in [0.2, 0.25) is 0 Å². The molecule has 1 fully saturated rings. The van der Waals surface area contributed by atoms with Crippen molar-refractivity contribution in [1.29, 1.82) is 0 Å². The number of carbonyl (C=O) groups is 1. The van der Waals surface area contributed by atoms with Crippen molar-refractivity contribution in [3.05, 3.63) is 65.7 Å². The van der Waals surface area contributed by atoms with Crippen molar-refractivity contribution in [3.8, 4) is 0 Å². The molecule has 1 aliphatic rings. The van der Waals surface area contributed by atoms with Gasteiger partial charge in [-0.15, -0.1) is 0 Å². The van der Waals surface area contributed by atoms with E-state index in [1.807, 2.05) is 24.3 Å². The fourth-order valence-electron chi connectivity index (χ4n) is 4.00. The van der Waals surface area contributed by atoms with Gasteiger partial charge in [0.05, 0.1) is 11.7 Å². The molecule has 1 N–H and O–H groups in total. The van der Waals surface area contributed by atoms with Gasteiger partial charge >= 0.3 is 0 Å². The van der Waals surface area contributed by atoms with Crippen molar-refractivity contribution >= 4 is 5.91 Å². The zero-order valence-corrected chi connectivity index (χ0v) is 16.8. The maximum absolute atomic E-state index is 13.5. The summed E-state index contributed by atoms with van der Waals surface area (Å²) in [5.41, 5.74) is 1.90. The Morgan fingerprint density at radius 2 is 2.14 bits per heavy atom. The minimum atomic E-state index is -0.196. The maximum atomic E-state index is 13.5. The third-order valence-electron chi connectivity index (χ3n) is 5.23. The van der Waals surface area contributed by atoms with Crippen LogP contribution in [-0.4, -0.2) is 28.9 Å². The number of hydrogen-bond donors (Lipinski definition) is 1. The maximum Gasteiger partial charge on any atom is 0.220 e. The Hall–Kier alpha value is -2.27. The van der Waals surface area contributed by atoms with Crippen molar-refractivity contribution in [2.75, 3.05) is 13.1 Å². The number of halogens is 1. The molecule has 0 aliphatic carbocycles. The highest BCUT2D eigenvalue weighted by atomic mass is 19.1. The van der Waals surface area contributed by atoms with Gasteiger partial charge in [0, 0.05) is 25.7 Å². The van der Waals surface area contributed by atoms with E-state index >= 15 is 0 Å². The van der Waals surface area contributed by atoms with Crippen LogP contribution in [0, 0.1) is 17.7 Å². The van der Waals surface area contributed by atoms with Gasteiger partial charge in [0.2, 0.25) is 5.91 Å². The molecule has 2 aromatic rings. The molecule has 1 saturated heterocycles. The molecule has 1 amide bonds. The van der Waals surface area contributed by atoms with Crippen LogP contribution in [-0.2, 0) is 11.3 Å². The smallest absolute Gasteiger partial charge is 0.220 e. The molecule has 1 aromatic carbocycles. The Morgan fingerprint density at radius 3 is 2.86 bits per heavy atom. The molecule has 2 unspecified atom stereocenters. The van der Waals surface area contributed by atoms with Crippen LogP contribution < -0.4 is 5.32 Å². The van der Waals surface area contributed by atoms with Crippen molar-refractivity contribution < 1.29 is 9.18 Å². The standard InChI is InChI=1S/C23H30FN3O/c1-17(2)13-22(28)26-23(21-10-3-4-11-25-21)19-8-6-12-27(16-19)15-18-7-5-9-20(24)14-18/h3-5,7,9-11,14,17,19,23H,6,8,12-13,15-16H2,1-2H3,(H,26,28). The number of aromatic nitrogens is 1. The molecular weight excluding hydrogens is 353 g/mol. The molecule has 2 atom stereocenters. The first-order chi connectivity index (χ1) is 13.5. The summed E-state index contributed by atoms with van der Waals surface area (Å²) in [5, 5.41) is 3.24. The number of benzene rings is 1. The highest BCUT2D eigenvalue weighted by Crippen LogP contribution is 2.30. The van der Waals surface area contributed by atoms with Crippen LogP contribution in [0.5, 0.6) is 0 Å². The molecule has 5 heteroatoms. The summed E-state index contributed by atoms with van der Waals surface area (Å²) in [6.45, 7) is 6.68. The first-order valence-corrected chi connectivity index (χ1v) is 10.2. The first kappa shape index (κ1) is 20.5. The average Bonchev–Trinajstić information content (AvgIpc) is 2.66. The SMILES string of the molecule is CC(C)CC(=O)NC(c1ccccn1)C1CCCN(Cc2cccc(F)c2)C1. The summed E-state index contributed by atoms with van der Waals surface area (Å²) >= 11 is 0. The predicted octanol–water partition coefficient (Wildman–Crippen LogP) is 4.34. The summed E-state index contributed by atoms with van der Waals surface area (Å²) in [4.78, 5) is 19.4. The molecule has 3 rings (SSSR count). The van der Waals surface area contributed by atoms with Crippen LogP contribution in [0.3, 0.4) is 0 Å². The quantitative estimate of drug-likeness (QED) is 0.774. The summed E-state index contributed by atoms with van der Waals surface area (Å²) in [6.07, 6.45) is 4.40. The molecule has 0 saturated carbocycles. The molecular formula is C23H30FN3O. The molecule has 1 aromatic heterocycles. The Morgan fingerprint density at radius 1 is 1.29 bits per heavy atom. The van der Waals surface area contributed by atoms with Crippen LogP contribution in [0.25, 0.3) is 0 Å². The number of likely N-dealkylation sites (tertiary alicyclic amines) is 1. The van der Waals surface area contributed by atoms with Crippen molar-refractivity contribution in [2.45, 2.75) is 45.7 Å². The van der Waals surface area contributed by atoms with E-state index in [0.717, 1.165) is 43.7 Å². The third-order valence-corrected chi connectivity index (χ3v) is 5.23. The van der Waals surface area contributed by atoms with Crippen LogP contribution >= 0.6 is 0 Å². The number of nitrogens with one attached hydrogen (secondary N) is 1. The summed E-state index contributed by atoms with van der Waals surface area (Å²) < 4.78 is 13.5. The van der Waals surface area contributed by atoms with Gasteiger partial charge in [-0.3, -0.25) is 14.7 Å². The van der Waals surface area contributed by atoms with Gasteiger partial charge in [-0.05, 0) is 61.1 Å². The van der Waals surface area contributed by atoms with Gasteiger partial charge in [0.25, 0.3) is 0 Å². The lowest BCUT2D eigenvalue weighted by Gasteiger charge is -2.37. The second-order valence-electron chi connectivity index (χ2n) is 8.17. The minimum Gasteiger partial charge on any atom is -0.347 e. The molecule has 1 aliphatic heterocycles. The van der Waals surface area contributed by atoms with E-state index in [2.05, 4.69) is 29.0 Å². The summed E-state index contributed by atoms with van der Waals surface area (Å²) in [6, 6.07) is 12.6. The number of hydrogen-bond acceptors (Lipinski definition) is 3. The van der Waals surface area contributed by atoms with E-state index in [-0.39, 0.29) is 23.7 Å². The van der Waals surface area contributed by atoms with Gasteiger partial charge < -0.3 is 5.32 Å². The number of piperidine rings is 1. The monoisotopic (exact) mass is 383 g/mol. The van der Waals surface area contributed by atoms with Crippen molar-refractivity contribution in [3.63, 3.8) is 0 Å². The summed E-state index contributed by atoms with van der Waals surface area (Å²) in [7, 11) is 0. The van der Waals surface area contributed by atoms with E-state index in [9.17, 15) is 9.18 Å². The van der Waals surface area contributed by atoms with Crippen molar-refractivity contribution in [1.82, 2.24) is 15.2 Å². The number of nitrogens with zero attached hydrogens (tertiary/aromatic N) is 2. The molecule has 0 bridgehead atoms. The number of amides is 1. The fourth-order valence-corrected chi connectivity index (χ4v) is 4.00. The van der Waals surface area contributed by atoms with Gasteiger partial charge in [0.1, 0.15) is 5.82 Å². The highest BCUT2D eigenvalue weighted by Gasteiger charge is 2.30. The van der Waals surface area contributed by atoms with Crippen LogP contribution in [0.15, 0.2) is 48.7 Å². The van der Waals surface area contributed by atoms with Gasteiger partial charge in [-0.1, -0.05) is 32.0 Å². The molecule has 2 heterocycles. The lowest BCUT2D eigenvalue weighted by molar-refractivity contribution is -0.123. The fraction of sp³-hybridized carbons (Fsp3) is 0.478. The van der Waals surface area contributed by atoms with E-state index in [1.54, 1.807) is 18.3 Å². The predicted molar refractivity (Wildman–Crippen MR) is 109 cm³/mol. The van der Waals surface area contributed by atoms with E-state index in [4.69, 9.17) is 0 Å². The number of carbonyl (C=O) groups excluding carboxylic acids is 1. The average molecular weight is 384 g/mol. The van der Waals surface area contributed by atoms with E-state index < -0.39 is 0 Å². The van der Waals surface area contributed by atoms with Crippen LogP contribution in [0.1, 0.15) is 50.4 Å². The normalized spacial score (nSPS) is 18.8. The van der Waals surface area contributed by atoms with E-state index in [1.165, 1.54) is 6.07 Å². The first-order valence-electron chi connectivity index (χ1n) is 10.2. The number of rotatable bonds is 7. The Labute approximate surface area is 167 Å². The molecule has 28 heavy (non-hydrogen) atoms. The Balaban J connectivity index is 1.72. The highest BCUT2D eigenvalue weighted by molar-refractivity contribution is 5.76. The lowest BCUT2D eigenvalue weighted by Crippen LogP contribution is -2.43. The Bertz CT molecular complexity index is 765. The van der Waals surface area contributed by atoms with E-state index in [0.29, 0.717) is 12.3 Å². The molecule has 4 nitrogen and oxygen atoms in total. The topological polar surface area (TPSA) is 45.2 Å². The zero-order valence-electron chi connectivity index (χ0n) is 16.8. The number of pyridine rings is 1. The largest absolute Gasteiger partial charge is 0.347 e. The lowest BCUT2D eigenvalue weighted by atomic mass is 9.88. The minimum absolute atomic E-state index is 0.0768. The van der Waals surface area contributed by atoms with Crippen molar-refractivity contribution in [2.24, 2.45) is 11.8 Å².